The molecule has 18 heavy (non-hydrogen) atoms. The molecule has 1 N–H and O–H groups in total. The van der Waals surface area contributed by atoms with Gasteiger partial charge >= 0.3 is 0 Å². The van der Waals surface area contributed by atoms with Gasteiger partial charge in [0, 0.05) is 39.0 Å². The normalized spacial score (nSPS) is 25.1. The van der Waals surface area contributed by atoms with Gasteiger partial charge in [-0.1, -0.05) is 0 Å². The van der Waals surface area contributed by atoms with E-state index in [4.69, 9.17) is 9.47 Å². The molecule has 0 bridgehead atoms. The fourth-order valence-electron chi connectivity index (χ4n) is 2.74. The number of nitrogens with one attached hydrogen (secondary N) is 1. The molecule has 5 heteroatoms. The maximum Gasteiger partial charge on any atom is 0.114 e. The minimum atomic E-state index is 0.109. The summed E-state index contributed by atoms with van der Waals surface area (Å²) in [6, 6.07) is 0.566. The maximum atomic E-state index is 5.84. The predicted molar refractivity (Wildman–Crippen MR) is 67.4 cm³/mol. The van der Waals surface area contributed by atoms with Crippen LogP contribution in [0.1, 0.15) is 30.2 Å². The van der Waals surface area contributed by atoms with E-state index in [-0.39, 0.29) is 6.10 Å². The smallest absolute Gasteiger partial charge is 0.114 e. The molecule has 0 radical (unpaired) electrons. The topological polar surface area (TPSA) is 48.3 Å². The standard InChI is InChI=1S/C13H21N3O2/c1-16-9-10-2-7-18-12(13(10)15-16)8-14-11-3-5-17-6-4-11/h9,11-12,14H,2-8H2,1H3. The maximum absolute atomic E-state index is 5.84. The van der Waals surface area contributed by atoms with Gasteiger partial charge in [-0.2, -0.15) is 5.10 Å². The van der Waals surface area contributed by atoms with Gasteiger partial charge in [0.05, 0.1) is 12.3 Å². The zero-order valence-corrected chi connectivity index (χ0v) is 10.9. The number of fused-ring (bicyclic) bond motifs is 1. The molecule has 1 fully saturated rings. The molecule has 0 spiro atoms. The second-order valence-corrected chi connectivity index (χ2v) is 5.12. The Morgan fingerprint density at radius 3 is 3.06 bits per heavy atom. The van der Waals surface area contributed by atoms with Gasteiger partial charge in [0.25, 0.3) is 0 Å². The third-order valence-corrected chi connectivity index (χ3v) is 3.75. The number of nitrogens with zero attached hydrogens (tertiary/aromatic N) is 2. The summed E-state index contributed by atoms with van der Waals surface area (Å²) in [5, 5.41) is 8.11. The minimum Gasteiger partial charge on any atom is -0.381 e. The highest BCUT2D eigenvalue weighted by Gasteiger charge is 2.25. The quantitative estimate of drug-likeness (QED) is 0.863. The van der Waals surface area contributed by atoms with Gasteiger partial charge in [0.15, 0.2) is 0 Å². The Morgan fingerprint density at radius 1 is 1.39 bits per heavy atom. The van der Waals surface area contributed by atoms with E-state index >= 15 is 0 Å². The Balaban J connectivity index is 1.59. The van der Waals surface area contributed by atoms with Crippen LogP contribution in [0.3, 0.4) is 0 Å². The van der Waals surface area contributed by atoms with E-state index < -0.39 is 0 Å². The molecule has 3 rings (SSSR count). The number of hydrogen-bond acceptors (Lipinski definition) is 4. The fourth-order valence-corrected chi connectivity index (χ4v) is 2.74. The molecule has 2 aliphatic rings. The van der Waals surface area contributed by atoms with Crippen molar-refractivity contribution in [1.29, 1.82) is 0 Å². The Labute approximate surface area is 107 Å². The van der Waals surface area contributed by atoms with Gasteiger partial charge in [0.1, 0.15) is 6.10 Å². The Kier molecular flexibility index (Phi) is 3.63. The van der Waals surface area contributed by atoms with Crippen LogP contribution in [0.25, 0.3) is 0 Å². The van der Waals surface area contributed by atoms with Crippen LogP contribution >= 0.6 is 0 Å². The highest BCUT2D eigenvalue weighted by atomic mass is 16.5. The summed E-state index contributed by atoms with van der Waals surface area (Å²) < 4.78 is 13.1. The Morgan fingerprint density at radius 2 is 2.22 bits per heavy atom. The first kappa shape index (κ1) is 12.1. The van der Waals surface area contributed by atoms with Gasteiger partial charge in [-0.15, -0.1) is 0 Å². The van der Waals surface area contributed by atoms with Crippen LogP contribution in [-0.2, 0) is 22.9 Å². The van der Waals surface area contributed by atoms with Gasteiger partial charge < -0.3 is 14.8 Å². The fraction of sp³-hybridized carbons (Fsp3) is 0.769. The van der Waals surface area contributed by atoms with E-state index in [9.17, 15) is 0 Å². The average molecular weight is 251 g/mol. The monoisotopic (exact) mass is 251 g/mol. The lowest BCUT2D eigenvalue weighted by molar-refractivity contribution is 0.0298. The molecule has 5 nitrogen and oxygen atoms in total. The summed E-state index contributed by atoms with van der Waals surface area (Å²) in [7, 11) is 1.97. The van der Waals surface area contributed by atoms with E-state index in [1.807, 2.05) is 11.7 Å². The SMILES string of the molecule is Cn1cc2c(n1)C(CNC1CCOCC1)OCC2. The average Bonchev–Trinajstić information content (AvgIpc) is 2.78. The predicted octanol–water partition coefficient (Wildman–Crippen LogP) is 0.802. The van der Waals surface area contributed by atoms with Crippen molar-refractivity contribution in [3.05, 3.63) is 17.5 Å². The van der Waals surface area contributed by atoms with Crippen LogP contribution in [0.15, 0.2) is 6.20 Å². The van der Waals surface area contributed by atoms with E-state index in [0.29, 0.717) is 6.04 Å². The molecule has 0 saturated carbocycles. The molecule has 0 amide bonds. The van der Waals surface area contributed by atoms with Crippen LogP contribution < -0.4 is 5.32 Å². The number of hydrogen-bond donors (Lipinski definition) is 1. The summed E-state index contributed by atoms with van der Waals surface area (Å²) >= 11 is 0. The van der Waals surface area contributed by atoms with Gasteiger partial charge in [-0.05, 0) is 24.8 Å². The lowest BCUT2D eigenvalue weighted by atomic mass is 10.0. The third-order valence-electron chi connectivity index (χ3n) is 3.75. The molecule has 3 heterocycles. The zero-order valence-electron chi connectivity index (χ0n) is 10.9. The van der Waals surface area contributed by atoms with Crippen molar-refractivity contribution in [3.8, 4) is 0 Å². The molecule has 1 unspecified atom stereocenters. The molecule has 1 aromatic rings. The first-order valence-electron chi connectivity index (χ1n) is 6.78. The first-order chi connectivity index (χ1) is 8.83. The van der Waals surface area contributed by atoms with Crippen LogP contribution in [0, 0.1) is 0 Å². The van der Waals surface area contributed by atoms with Crippen molar-refractivity contribution < 1.29 is 9.47 Å². The summed E-state index contributed by atoms with van der Waals surface area (Å²) in [4.78, 5) is 0. The van der Waals surface area contributed by atoms with Crippen molar-refractivity contribution in [2.24, 2.45) is 7.05 Å². The number of aryl methyl sites for hydroxylation is 1. The largest absolute Gasteiger partial charge is 0.381 e. The number of ether oxygens (including phenoxy) is 2. The molecule has 0 aliphatic carbocycles. The van der Waals surface area contributed by atoms with Crippen molar-refractivity contribution in [1.82, 2.24) is 15.1 Å². The number of aromatic nitrogens is 2. The molecular weight excluding hydrogens is 230 g/mol. The lowest BCUT2D eigenvalue weighted by Gasteiger charge is -2.27. The summed E-state index contributed by atoms with van der Waals surface area (Å²) in [6.07, 6.45) is 5.40. The van der Waals surface area contributed by atoms with Gasteiger partial charge in [-0.25, -0.2) is 0 Å². The summed E-state index contributed by atoms with van der Waals surface area (Å²) in [5.41, 5.74) is 2.45. The van der Waals surface area contributed by atoms with Crippen LogP contribution in [0.2, 0.25) is 0 Å². The van der Waals surface area contributed by atoms with Gasteiger partial charge in [-0.3, -0.25) is 4.68 Å². The third kappa shape index (κ3) is 2.58. The van der Waals surface area contributed by atoms with Crippen molar-refractivity contribution >= 4 is 0 Å². The van der Waals surface area contributed by atoms with Gasteiger partial charge in [0.2, 0.25) is 0 Å². The Bertz CT molecular complexity index is 399. The van der Waals surface area contributed by atoms with E-state index in [1.54, 1.807) is 0 Å². The molecule has 100 valence electrons. The molecule has 1 atom stereocenters. The number of rotatable bonds is 3. The zero-order chi connectivity index (χ0) is 12.4. The van der Waals surface area contributed by atoms with Crippen molar-refractivity contribution in [3.63, 3.8) is 0 Å². The highest BCUT2D eigenvalue weighted by Crippen LogP contribution is 2.25. The van der Waals surface area contributed by atoms with Crippen LogP contribution in [-0.4, -0.2) is 42.2 Å². The van der Waals surface area contributed by atoms with E-state index in [0.717, 1.165) is 51.3 Å². The second-order valence-electron chi connectivity index (χ2n) is 5.12. The molecule has 0 aromatic carbocycles. The second kappa shape index (κ2) is 5.38. The minimum absolute atomic E-state index is 0.109. The van der Waals surface area contributed by atoms with Crippen molar-refractivity contribution in [2.75, 3.05) is 26.4 Å². The first-order valence-corrected chi connectivity index (χ1v) is 6.78. The Hall–Kier alpha value is -0.910. The molecule has 1 saturated heterocycles. The van der Waals surface area contributed by atoms with Crippen molar-refractivity contribution in [2.45, 2.75) is 31.4 Å². The highest BCUT2D eigenvalue weighted by molar-refractivity contribution is 5.22. The lowest BCUT2D eigenvalue weighted by Crippen LogP contribution is -2.38. The molecular formula is C13H21N3O2. The molecule has 1 aromatic heterocycles. The summed E-state index contributed by atoms with van der Waals surface area (Å²) in [5.74, 6) is 0. The summed E-state index contributed by atoms with van der Waals surface area (Å²) in [6.45, 7) is 3.41. The van der Waals surface area contributed by atoms with Crippen LogP contribution in [0.4, 0.5) is 0 Å². The van der Waals surface area contributed by atoms with E-state index in [1.165, 1.54) is 5.56 Å². The molecule has 2 aliphatic heterocycles. The van der Waals surface area contributed by atoms with Crippen LogP contribution in [0.5, 0.6) is 0 Å². The van der Waals surface area contributed by atoms with E-state index in [2.05, 4.69) is 16.6 Å².